The van der Waals surface area contributed by atoms with E-state index < -0.39 is 0 Å². The van der Waals surface area contributed by atoms with Crippen molar-refractivity contribution >= 4 is 29.1 Å². The molecule has 1 fully saturated rings. The molecule has 4 rings (SSSR count). The van der Waals surface area contributed by atoms with Gasteiger partial charge in [0.15, 0.2) is 0 Å². The van der Waals surface area contributed by atoms with Crippen molar-refractivity contribution in [1.82, 2.24) is 24.5 Å². The highest BCUT2D eigenvalue weighted by atomic mass is 32.2. The van der Waals surface area contributed by atoms with Gasteiger partial charge in [-0.3, -0.25) is 9.69 Å². The number of amides is 1. The van der Waals surface area contributed by atoms with Crippen molar-refractivity contribution in [3.8, 4) is 0 Å². The summed E-state index contributed by atoms with van der Waals surface area (Å²) in [5.74, 6) is 0.520. The average Bonchev–Trinajstić information content (AvgIpc) is 3.15. The second kappa shape index (κ2) is 9.14. The fourth-order valence-corrected chi connectivity index (χ4v) is 4.36. The van der Waals surface area contributed by atoms with Gasteiger partial charge in [-0.25, -0.2) is 9.50 Å². The number of hydrogen-bond acceptors (Lipinski definition) is 6. The maximum atomic E-state index is 12.8. The third-order valence-corrected chi connectivity index (χ3v) is 6.15. The molecule has 7 nitrogen and oxygen atoms in total. The lowest BCUT2D eigenvalue weighted by Crippen LogP contribution is -2.29. The number of rotatable bonds is 6. The van der Waals surface area contributed by atoms with Crippen molar-refractivity contribution in [1.29, 1.82) is 0 Å². The van der Waals surface area contributed by atoms with Crippen LogP contribution >= 0.6 is 11.8 Å². The van der Waals surface area contributed by atoms with Crippen LogP contribution in [0.3, 0.4) is 0 Å². The smallest absolute Gasteiger partial charge is 0.253 e. The average molecular weight is 425 g/mol. The molecule has 3 heterocycles. The van der Waals surface area contributed by atoms with Crippen LogP contribution in [0.25, 0.3) is 5.78 Å². The summed E-state index contributed by atoms with van der Waals surface area (Å²) in [7, 11) is 0. The fourth-order valence-electron chi connectivity index (χ4n) is 4.02. The van der Waals surface area contributed by atoms with Gasteiger partial charge in [-0.05, 0) is 63.7 Å². The molecule has 0 unspecified atom stereocenters. The molecule has 30 heavy (non-hydrogen) atoms. The number of piperidine rings is 1. The van der Waals surface area contributed by atoms with Crippen LogP contribution in [0.4, 0.5) is 5.69 Å². The van der Waals surface area contributed by atoms with E-state index in [1.807, 2.05) is 32.2 Å². The minimum absolute atomic E-state index is 0.0531. The number of carbonyl (C=O) groups excluding carboxylic acids is 1. The number of fused-ring (bicyclic) bond motifs is 1. The molecule has 0 radical (unpaired) electrons. The molecule has 1 aliphatic rings. The van der Waals surface area contributed by atoms with E-state index in [9.17, 15) is 4.79 Å². The van der Waals surface area contributed by atoms with E-state index in [1.165, 1.54) is 36.6 Å². The highest BCUT2D eigenvalue weighted by Gasteiger charge is 2.16. The molecular formula is C22H28N6OS. The first kappa shape index (κ1) is 20.8. The van der Waals surface area contributed by atoms with Crippen molar-refractivity contribution in [3.63, 3.8) is 0 Å². The molecule has 0 aliphatic carbocycles. The Morgan fingerprint density at radius 3 is 2.73 bits per heavy atom. The van der Waals surface area contributed by atoms with Gasteiger partial charge in [-0.15, -0.1) is 5.10 Å². The summed E-state index contributed by atoms with van der Waals surface area (Å²) >= 11 is 1.48. The Labute approximate surface area is 181 Å². The van der Waals surface area contributed by atoms with Crippen molar-refractivity contribution < 1.29 is 4.79 Å². The number of nitrogens with zero attached hydrogens (tertiary/aromatic N) is 5. The molecule has 0 spiro atoms. The van der Waals surface area contributed by atoms with Gasteiger partial charge in [-0.2, -0.15) is 4.98 Å². The lowest BCUT2D eigenvalue weighted by Gasteiger charge is -2.26. The number of carbonyl (C=O) groups is 1. The Morgan fingerprint density at radius 2 is 1.97 bits per heavy atom. The van der Waals surface area contributed by atoms with E-state index in [2.05, 4.69) is 37.4 Å². The standard InChI is InChI=1S/C22H28N6OS/c1-15-19(16(2)28-21(23-15)25-22(26-28)30-3)13-20(29)24-18-9-7-8-17(12-18)14-27-10-5-4-6-11-27/h7-9,12H,4-6,10-11,13-14H2,1-3H3,(H,24,29). The van der Waals surface area contributed by atoms with Crippen molar-refractivity contribution in [2.45, 2.75) is 51.2 Å². The van der Waals surface area contributed by atoms with Crippen LogP contribution in [0.15, 0.2) is 29.4 Å². The summed E-state index contributed by atoms with van der Waals surface area (Å²) in [6.45, 7) is 7.13. The topological polar surface area (TPSA) is 75.4 Å². The van der Waals surface area contributed by atoms with Gasteiger partial charge < -0.3 is 5.32 Å². The maximum absolute atomic E-state index is 12.8. The molecule has 1 N–H and O–H groups in total. The van der Waals surface area contributed by atoms with Crippen LogP contribution < -0.4 is 5.32 Å². The molecule has 0 bridgehead atoms. The first-order chi connectivity index (χ1) is 14.5. The van der Waals surface area contributed by atoms with Gasteiger partial charge in [0.05, 0.1) is 6.42 Å². The lowest BCUT2D eigenvalue weighted by atomic mass is 10.1. The third-order valence-electron chi connectivity index (χ3n) is 5.62. The molecule has 1 aromatic carbocycles. The highest BCUT2D eigenvalue weighted by Crippen LogP contribution is 2.19. The lowest BCUT2D eigenvalue weighted by molar-refractivity contribution is -0.115. The van der Waals surface area contributed by atoms with Gasteiger partial charge in [0, 0.05) is 29.2 Å². The van der Waals surface area contributed by atoms with E-state index >= 15 is 0 Å². The van der Waals surface area contributed by atoms with E-state index in [-0.39, 0.29) is 12.3 Å². The predicted molar refractivity (Wildman–Crippen MR) is 120 cm³/mol. The first-order valence-corrected chi connectivity index (χ1v) is 11.6. The number of benzene rings is 1. The summed E-state index contributed by atoms with van der Waals surface area (Å²) in [4.78, 5) is 24.2. The molecule has 0 atom stereocenters. The summed E-state index contributed by atoms with van der Waals surface area (Å²) in [5, 5.41) is 8.19. The molecular weight excluding hydrogens is 396 g/mol. The van der Waals surface area contributed by atoms with Crippen LogP contribution in [-0.2, 0) is 17.8 Å². The number of thioether (sulfide) groups is 1. The quantitative estimate of drug-likeness (QED) is 0.609. The molecule has 2 aromatic heterocycles. The Balaban J connectivity index is 1.46. The number of hydrogen-bond donors (Lipinski definition) is 1. The SMILES string of the molecule is CSc1nc2nc(C)c(CC(=O)Nc3cccc(CN4CCCCC4)c3)c(C)n2n1. The summed E-state index contributed by atoms with van der Waals surface area (Å²) < 4.78 is 1.72. The zero-order valence-electron chi connectivity index (χ0n) is 17.8. The van der Waals surface area contributed by atoms with E-state index in [0.29, 0.717) is 10.9 Å². The zero-order chi connectivity index (χ0) is 21.1. The second-order valence-corrected chi connectivity index (χ2v) is 8.61. The van der Waals surface area contributed by atoms with Crippen LogP contribution in [0, 0.1) is 13.8 Å². The summed E-state index contributed by atoms with van der Waals surface area (Å²) in [5.41, 5.74) is 4.68. The molecule has 1 amide bonds. The van der Waals surface area contributed by atoms with E-state index in [1.54, 1.807) is 4.52 Å². The largest absolute Gasteiger partial charge is 0.326 e. The molecule has 8 heteroatoms. The van der Waals surface area contributed by atoms with E-state index in [4.69, 9.17) is 0 Å². The second-order valence-electron chi connectivity index (χ2n) is 7.83. The molecule has 1 aliphatic heterocycles. The Hall–Kier alpha value is -2.45. The van der Waals surface area contributed by atoms with Gasteiger partial charge in [0.25, 0.3) is 5.78 Å². The monoisotopic (exact) mass is 424 g/mol. The number of aryl methyl sites for hydroxylation is 2. The Morgan fingerprint density at radius 1 is 1.17 bits per heavy atom. The van der Waals surface area contributed by atoms with Crippen LogP contribution in [0.2, 0.25) is 0 Å². The molecule has 158 valence electrons. The van der Waals surface area contributed by atoms with Crippen LogP contribution in [0.1, 0.15) is 41.8 Å². The number of anilines is 1. The van der Waals surface area contributed by atoms with Crippen molar-refractivity contribution in [2.75, 3.05) is 24.7 Å². The summed E-state index contributed by atoms with van der Waals surface area (Å²) in [6, 6.07) is 8.17. The van der Waals surface area contributed by atoms with Crippen LogP contribution in [-0.4, -0.2) is 49.7 Å². The van der Waals surface area contributed by atoms with Gasteiger partial charge in [0.2, 0.25) is 11.1 Å². The fraction of sp³-hybridized carbons (Fsp3) is 0.455. The highest BCUT2D eigenvalue weighted by molar-refractivity contribution is 7.98. The van der Waals surface area contributed by atoms with Crippen LogP contribution in [0.5, 0.6) is 0 Å². The van der Waals surface area contributed by atoms with Gasteiger partial charge >= 0.3 is 0 Å². The molecule has 3 aromatic rings. The van der Waals surface area contributed by atoms with Crippen molar-refractivity contribution in [2.24, 2.45) is 0 Å². The predicted octanol–water partition coefficient (Wildman–Crippen LogP) is 3.63. The van der Waals surface area contributed by atoms with E-state index in [0.717, 1.165) is 42.3 Å². The van der Waals surface area contributed by atoms with Gasteiger partial charge in [-0.1, -0.05) is 30.3 Å². The number of likely N-dealkylation sites (tertiary alicyclic amines) is 1. The minimum atomic E-state index is -0.0531. The Bertz CT molecular complexity index is 1060. The first-order valence-electron chi connectivity index (χ1n) is 10.4. The Kier molecular flexibility index (Phi) is 6.34. The normalized spacial score (nSPS) is 14.9. The third kappa shape index (κ3) is 4.65. The molecule has 1 saturated heterocycles. The number of nitrogens with one attached hydrogen (secondary N) is 1. The van der Waals surface area contributed by atoms with Gasteiger partial charge in [0.1, 0.15) is 0 Å². The number of aromatic nitrogens is 4. The zero-order valence-corrected chi connectivity index (χ0v) is 18.6. The minimum Gasteiger partial charge on any atom is -0.326 e. The maximum Gasteiger partial charge on any atom is 0.253 e. The molecule has 0 saturated carbocycles. The summed E-state index contributed by atoms with van der Waals surface area (Å²) in [6.07, 6.45) is 6.07. The van der Waals surface area contributed by atoms with Crippen molar-refractivity contribution in [3.05, 3.63) is 46.8 Å².